The fourth-order valence-electron chi connectivity index (χ4n) is 2.72. The zero-order valence-corrected chi connectivity index (χ0v) is 19.1. The number of hydrogen-bond donors (Lipinski definition) is 3. The maximum Gasteiger partial charge on any atom is 0.327 e. The smallest absolute Gasteiger partial charge is 0.327 e. The molecule has 3 N–H and O–H groups in total. The number of carbonyl (C=O) groups is 3. The molecule has 0 heterocycles. The minimum Gasteiger partial charge on any atom is -0.481 e. The van der Waals surface area contributed by atoms with Crippen LogP contribution in [0.3, 0.4) is 0 Å². The topological polar surface area (TPSA) is 104 Å². The zero-order valence-electron chi connectivity index (χ0n) is 18.2. The van der Waals surface area contributed by atoms with Crippen molar-refractivity contribution in [2.24, 2.45) is 11.8 Å². The van der Waals surface area contributed by atoms with Crippen molar-refractivity contribution in [3.05, 3.63) is 40.7 Å². The van der Waals surface area contributed by atoms with Crippen molar-refractivity contribution < 1.29 is 24.6 Å². The molecule has 0 aromatic heterocycles. The summed E-state index contributed by atoms with van der Waals surface area (Å²) in [6.07, 6.45) is 9.37. The van der Waals surface area contributed by atoms with E-state index in [-0.39, 0.29) is 12.2 Å². The van der Waals surface area contributed by atoms with Gasteiger partial charge in [-0.2, -0.15) is 11.8 Å². The number of hydrogen-bond acceptors (Lipinski definition) is 4. The second-order valence-corrected chi connectivity index (χ2v) is 9.00. The third-order valence-corrected chi connectivity index (χ3v) is 5.71. The molecule has 1 saturated carbocycles. The average molecular weight is 436 g/mol. The van der Waals surface area contributed by atoms with Gasteiger partial charge in [-0.25, -0.2) is 4.79 Å². The van der Waals surface area contributed by atoms with Gasteiger partial charge in [0.25, 0.3) is 0 Å². The van der Waals surface area contributed by atoms with Crippen LogP contribution in [0.4, 0.5) is 0 Å². The SMILES string of the molecule is CC(=C=CC/C(C)=C/CSC[C@H](NC(=O)C1CC1C(=O)O)C(=O)O)CCC=C(C)C. The Balaban J connectivity index is 2.37. The van der Waals surface area contributed by atoms with Gasteiger partial charge in [0.15, 0.2) is 0 Å². The van der Waals surface area contributed by atoms with Gasteiger partial charge in [-0.3, -0.25) is 9.59 Å². The molecule has 0 radical (unpaired) electrons. The van der Waals surface area contributed by atoms with Crippen LogP contribution in [0.2, 0.25) is 0 Å². The average Bonchev–Trinajstić information content (AvgIpc) is 3.44. The number of rotatable bonds is 13. The standard InChI is InChI=1S/C23H33NO5S/c1-15(2)7-5-8-16(3)9-6-10-17(4)11-12-30-14-20(23(28)29)24-21(25)18-13-19(18)22(26)27/h6-7,11,18-20H,5,8,10,12-14H2,1-4H3,(H,24,25)(H,26,27)(H,28,29)/b17-11+/t9?,18?,19?,20-/m0/s1. The Morgan fingerprint density at radius 2 is 1.83 bits per heavy atom. The maximum atomic E-state index is 12.0. The van der Waals surface area contributed by atoms with E-state index in [2.05, 4.69) is 37.9 Å². The summed E-state index contributed by atoms with van der Waals surface area (Å²) in [7, 11) is 0. The summed E-state index contributed by atoms with van der Waals surface area (Å²) < 4.78 is 0. The molecular weight excluding hydrogens is 402 g/mol. The Morgan fingerprint density at radius 1 is 1.13 bits per heavy atom. The number of aliphatic carboxylic acids is 2. The molecule has 7 heteroatoms. The minimum atomic E-state index is -1.11. The quantitative estimate of drug-likeness (QED) is 0.228. The minimum absolute atomic E-state index is 0.231. The molecule has 6 nitrogen and oxygen atoms in total. The summed E-state index contributed by atoms with van der Waals surface area (Å²) >= 11 is 1.42. The van der Waals surface area contributed by atoms with E-state index in [0.717, 1.165) is 19.3 Å². The highest BCUT2D eigenvalue weighted by Gasteiger charge is 2.48. The molecule has 1 rings (SSSR count). The number of allylic oxidation sites excluding steroid dienone is 4. The number of thioether (sulfide) groups is 1. The second-order valence-electron chi connectivity index (χ2n) is 7.93. The van der Waals surface area contributed by atoms with Crippen molar-refractivity contribution in [1.82, 2.24) is 5.32 Å². The molecule has 1 amide bonds. The highest BCUT2D eigenvalue weighted by molar-refractivity contribution is 7.99. The number of nitrogens with one attached hydrogen (secondary N) is 1. The van der Waals surface area contributed by atoms with Crippen molar-refractivity contribution in [2.75, 3.05) is 11.5 Å². The number of carboxylic acid groups (broad SMARTS) is 2. The highest BCUT2D eigenvalue weighted by Crippen LogP contribution is 2.38. The first-order chi connectivity index (χ1) is 14.1. The van der Waals surface area contributed by atoms with Gasteiger partial charge in [-0.15, -0.1) is 5.73 Å². The Morgan fingerprint density at radius 3 is 2.40 bits per heavy atom. The molecule has 1 fully saturated rings. The molecule has 1 aliphatic carbocycles. The Labute approximate surface area is 183 Å². The van der Waals surface area contributed by atoms with Crippen molar-refractivity contribution in [3.8, 4) is 0 Å². The van der Waals surface area contributed by atoms with Gasteiger partial charge in [0.05, 0.1) is 11.8 Å². The summed E-state index contributed by atoms with van der Waals surface area (Å²) in [5.74, 6) is -3.03. The van der Waals surface area contributed by atoms with E-state index in [1.807, 2.05) is 19.1 Å². The molecule has 0 aromatic carbocycles. The molecule has 0 aliphatic heterocycles. The molecule has 30 heavy (non-hydrogen) atoms. The third kappa shape index (κ3) is 10.5. The first-order valence-electron chi connectivity index (χ1n) is 10.1. The van der Waals surface area contributed by atoms with Crippen molar-refractivity contribution >= 4 is 29.6 Å². The lowest BCUT2D eigenvalue weighted by molar-refractivity contribution is -0.142. The largest absolute Gasteiger partial charge is 0.481 e. The lowest BCUT2D eigenvalue weighted by Crippen LogP contribution is -2.43. The molecule has 0 spiro atoms. The monoisotopic (exact) mass is 435 g/mol. The molecule has 0 aromatic rings. The maximum absolute atomic E-state index is 12.0. The zero-order chi connectivity index (χ0) is 22.7. The van der Waals surface area contributed by atoms with Gasteiger partial charge in [0.1, 0.15) is 6.04 Å². The van der Waals surface area contributed by atoms with Gasteiger partial charge >= 0.3 is 11.9 Å². The van der Waals surface area contributed by atoms with Crippen LogP contribution in [0.15, 0.2) is 40.7 Å². The molecular formula is C23H33NO5S. The van der Waals surface area contributed by atoms with E-state index in [1.165, 1.54) is 28.5 Å². The van der Waals surface area contributed by atoms with Gasteiger partial charge in [-0.1, -0.05) is 23.3 Å². The fraction of sp³-hybridized carbons (Fsp3) is 0.565. The Hall–Kier alpha value is -2.24. The van der Waals surface area contributed by atoms with Crippen molar-refractivity contribution in [3.63, 3.8) is 0 Å². The van der Waals surface area contributed by atoms with Gasteiger partial charge < -0.3 is 15.5 Å². The molecule has 1 aliphatic rings. The van der Waals surface area contributed by atoms with Gasteiger partial charge in [0, 0.05) is 11.5 Å². The third-order valence-electron chi connectivity index (χ3n) is 4.74. The lowest BCUT2D eigenvalue weighted by Gasteiger charge is -2.13. The van der Waals surface area contributed by atoms with Crippen LogP contribution >= 0.6 is 11.8 Å². The molecule has 3 atom stereocenters. The van der Waals surface area contributed by atoms with Crippen LogP contribution in [-0.4, -0.2) is 45.6 Å². The molecule has 2 unspecified atom stereocenters. The van der Waals surface area contributed by atoms with E-state index in [9.17, 15) is 19.5 Å². The van der Waals surface area contributed by atoms with Crippen molar-refractivity contribution in [2.45, 2.75) is 59.4 Å². The van der Waals surface area contributed by atoms with E-state index in [0.29, 0.717) is 5.75 Å². The Bertz CT molecular complexity index is 758. The number of carbonyl (C=O) groups excluding carboxylic acids is 1. The summed E-state index contributed by atoms with van der Waals surface area (Å²) in [4.78, 5) is 34.2. The molecule has 166 valence electrons. The van der Waals surface area contributed by atoms with E-state index in [4.69, 9.17) is 5.11 Å². The first kappa shape index (κ1) is 25.8. The summed E-state index contributed by atoms with van der Waals surface area (Å²) in [5.41, 5.74) is 7.02. The number of carboxylic acids is 2. The first-order valence-corrected chi connectivity index (χ1v) is 11.3. The Kier molecular flexibility index (Phi) is 11.3. The number of amides is 1. The summed E-state index contributed by atoms with van der Waals surface area (Å²) in [5, 5.41) is 20.6. The van der Waals surface area contributed by atoms with E-state index >= 15 is 0 Å². The van der Waals surface area contributed by atoms with Crippen LogP contribution in [0.1, 0.15) is 53.4 Å². The van der Waals surface area contributed by atoms with Crippen LogP contribution in [-0.2, 0) is 14.4 Å². The van der Waals surface area contributed by atoms with Crippen LogP contribution < -0.4 is 5.32 Å². The predicted octanol–water partition coefficient (Wildman–Crippen LogP) is 4.19. The summed E-state index contributed by atoms with van der Waals surface area (Å²) in [6, 6.07) is -1.02. The molecule has 0 saturated heterocycles. The summed E-state index contributed by atoms with van der Waals surface area (Å²) in [6.45, 7) is 8.28. The highest BCUT2D eigenvalue weighted by atomic mass is 32.2. The fourth-order valence-corrected chi connectivity index (χ4v) is 3.72. The van der Waals surface area contributed by atoms with Gasteiger partial charge in [-0.05, 0) is 65.0 Å². The lowest BCUT2D eigenvalue weighted by atomic mass is 10.1. The van der Waals surface area contributed by atoms with Crippen LogP contribution in [0.5, 0.6) is 0 Å². The van der Waals surface area contributed by atoms with E-state index in [1.54, 1.807) is 0 Å². The van der Waals surface area contributed by atoms with Gasteiger partial charge in [0.2, 0.25) is 5.91 Å². The van der Waals surface area contributed by atoms with Crippen LogP contribution in [0.25, 0.3) is 0 Å². The molecule has 0 bridgehead atoms. The second kappa shape index (κ2) is 13.1. The van der Waals surface area contributed by atoms with Crippen LogP contribution in [0, 0.1) is 11.8 Å². The van der Waals surface area contributed by atoms with Crippen molar-refractivity contribution in [1.29, 1.82) is 0 Å². The van der Waals surface area contributed by atoms with E-state index < -0.39 is 35.7 Å². The normalized spacial score (nSPS) is 18.6. The predicted molar refractivity (Wildman–Crippen MR) is 120 cm³/mol.